The van der Waals surface area contributed by atoms with Crippen LogP contribution in [0.25, 0.3) is 11.3 Å². The number of piperidine rings is 1. The molecule has 1 saturated heterocycles. The van der Waals surface area contributed by atoms with Crippen molar-refractivity contribution in [2.24, 2.45) is 0 Å². The summed E-state index contributed by atoms with van der Waals surface area (Å²) in [6.07, 6.45) is 1.95. The molecule has 0 unspecified atom stereocenters. The zero-order chi connectivity index (χ0) is 23.4. The lowest BCUT2D eigenvalue weighted by Gasteiger charge is -2.33. The number of ether oxygens (including phenoxy) is 2. The van der Waals surface area contributed by atoms with Crippen LogP contribution in [0.5, 0.6) is 11.5 Å². The molecule has 0 aliphatic carbocycles. The summed E-state index contributed by atoms with van der Waals surface area (Å²) in [4.78, 5) is 17.8. The molecule has 174 valence electrons. The highest BCUT2D eigenvalue weighted by Gasteiger charge is 2.37. The lowest BCUT2D eigenvalue weighted by Crippen LogP contribution is -2.49. The van der Waals surface area contributed by atoms with Crippen molar-refractivity contribution in [2.75, 3.05) is 26.1 Å². The number of hydrogen-bond donors (Lipinski definition) is 1. The fourth-order valence-corrected chi connectivity index (χ4v) is 6.23. The van der Waals surface area contributed by atoms with Gasteiger partial charge in [0.15, 0.2) is 5.13 Å². The summed E-state index contributed by atoms with van der Waals surface area (Å²) < 4.78 is 38.4. The van der Waals surface area contributed by atoms with Crippen LogP contribution in [0.15, 0.2) is 58.8 Å². The Morgan fingerprint density at radius 3 is 2.64 bits per heavy atom. The van der Waals surface area contributed by atoms with Crippen LogP contribution in [0.1, 0.15) is 19.3 Å². The number of hydrogen-bond acceptors (Lipinski definition) is 7. The van der Waals surface area contributed by atoms with Crippen molar-refractivity contribution >= 4 is 32.4 Å². The van der Waals surface area contributed by atoms with Gasteiger partial charge in [-0.15, -0.1) is 11.3 Å². The van der Waals surface area contributed by atoms with Crippen LogP contribution in [-0.2, 0) is 14.8 Å². The number of aromatic nitrogens is 1. The molecule has 0 bridgehead atoms. The Balaban J connectivity index is 1.55. The molecule has 1 fully saturated rings. The summed E-state index contributed by atoms with van der Waals surface area (Å²) in [5.41, 5.74) is 1.36. The molecule has 0 spiro atoms. The summed E-state index contributed by atoms with van der Waals surface area (Å²) in [5, 5.41) is 5.01. The van der Waals surface area contributed by atoms with Crippen molar-refractivity contribution in [2.45, 2.75) is 30.2 Å². The van der Waals surface area contributed by atoms with Crippen LogP contribution >= 0.6 is 11.3 Å². The molecule has 4 rings (SSSR count). The number of benzene rings is 2. The maximum absolute atomic E-state index is 13.2. The summed E-state index contributed by atoms with van der Waals surface area (Å²) in [7, 11) is -0.622. The first-order valence-corrected chi connectivity index (χ1v) is 12.8. The second kappa shape index (κ2) is 9.90. The highest BCUT2D eigenvalue weighted by molar-refractivity contribution is 7.89. The highest BCUT2D eigenvalue weighted by atomic mass is 32.2. The zero-order valence-corrected chi connectivity index (χ0v) is 20.0. The monoisotopic (exact) mass is 487 g/mol. The largest absolute Gasteiger partial charge is 0.497 e. The molecule has 3 aromatic rings. The van der Waals surface area contributed by atoms with Crippen molar-refractivity contribution in [1.82, 2.24) is 9.29 Å². The van der Waals surface area contributed by atoms with Gasteiger partial charge in [0, 0.05) is 17.5 Å². The first-order valence-electron chi connectivity index (χ1n) is 10.5. The number of nitrogens with one attached hydrogen (secondary N) is 1. The Kier molecular flexibility index (Phi) is 6.96. The molecule has 2 heterocycles. The van der Waals surface area contributed by atoms with Crippen molar-refractivity contribution in [1.29, 1.82) is 0 Å². The van der Waals surface area contributed by atoms with Crippen molar-refractivity contribution < 1.29 is 22.7 Å². The fraction of sp³-hybridized carbons (Fsp3) is 0.304. The van der Waals surface area contributed by atoms with E-state index in [2.05, 4.69) is 10.3 Å². The van der Waals surface area contributed by atoms with Gasteiger partial charge in [-0.25, -0.2) is 13.4 Å². The van der Waals surface area contributed by atoms with Gasteiger partial charge in [-0.05, 0) is 43.2 Å². The lowest BCUT2D eigenvalue weighted by molar-refractivity contribution is -0.120. The van der Waals surface area contributed by atoms with E-state index in [1.807, 2.05) is 11.4 Å². The van der Waals surface area contributed by atoms with E-state index in [-0.39, 0.29) is 10.8 Å². The number of nitrogens with zero attached hydrogens (tertiary/aromatic N) is 2. The van der Waals surface area contributed by atoms with Gasteiger partial charge in [0.1, 0.15) is 17.5 Å². The van der Waals surface area contributed by atoms with Gasteiger partial charge < -0.3 is 14.8 Å². The van der Waals surface area contributed by atoms with Gasteiger partial charge >= 0.3 is 0 Å². The Morgan fingerprint density at radius 1 is 1.12 bits per heavy atom. The van der Waals surface area contributed by atoms with E-state index in [1.165, 1.54) is 15.6 Å². The number of anilines is 1. The van der Waals surface area contributed by atoms with Gasteiger partial charge in [0.2, 0.25) is 15.9 Å². The normalized spacial score (nSPS) is 16.8. The zero-order valence-electron chi connectivity index (χ0n) is 18.4. The molecule has 1 aliphatic rings. The van der Waals surface area contributed by atoms with Gasteiger partial charge in [-0.2, -0.15) is 4.31 Å². The smallest absolute Gasteiger partial charge is 0.244 e. The van der Waals surface area contributed by atoms with Gasteiger partial charge in [0.05, 0.1) is 24.8 Å². The first-order chi connectivity index (χ1) is 15.9. The summed E-state index contributed by atoms with van der Waals surface area (Å²) in [6.45, 7) is 0.305. The number of methoxy groups -OCH3 is 2. The second-order valence-corrected chi connectivity index (χ2v) is 10.3. The maximum Gasteiger partial charge on any atom is 0.244 e. The van der Waals surface area contributed by atoms with Crippen molar-refractivity contribution in [3.63, 3.8) is 0 Å². The third kappa shape index (κ3) is 4.87. The molecular formula is C23H25N3O5S2. The minimum absolute atomic E-state index is 0.186. The summed E-state index contributed by atoms with van der Waals surface area (Å²) in [6, 6.07) is 12.8. The van der Waals surface area contributed by atoms with Crippen molar-refractivity contribution in [3.8, 4) is 22.8 Å². The number of sulfonamides is 1. The van der Waals surface area contributed by atoms with Crippen LogP contribution in [0, 0.1) is 0 Å². The molecule has 0 saturated carbocycles. The van der Waals surface area contributed by atoms with E-state index in [9.17, 15) is 13.2 Å². The molecule has 1 atom stereocenters. The Hall–Kier alpha value is -2.95. The van der Waals surface area contributed by atoms with Gasteiger partial charge in [-0.1, -0.05) is 24.6 Å². The number of thiazole rings is 1. The SMILES string of the molecule is COc1ccc(OC)c(-c2csc(NC(=O)[C@H]3CCCCN3S(=O)(=O)c3ccccc3)n2)c1. The molecule has 1 aromatic heterocycles. The van der Waals surface area contributed by atoms with Crippen LogP contribution in [0.2, 0.25) is 0 Å². The van der Waals surface area contributed by atoms with E-state index >= 15 is 0 Å². The minimum Gasteiger partial charge on any atom is -0.497 e. The van der Waals surface area contributed by atoms with E-state index in [4.69, 9.17) is 9.47 Å². The molecule has 0 radical (unpaired) electrons. The summed E-state index contributed by atoms with van der Waals surface area (Å²) in [5.74, 6) is 0.910. The predicted molar refractivity (Wildman–Crippen MR) is 127 cm³/mol. The standard InChI is InChI=1S/C23H25N3O5S2/c1-30-16-11-12-21(31-2)18(14-16)19-15-32-23(24-19)25-22(27)20-10-6-7-13-26(20)33(28,29)17-8-4-3-5-9-17/h3-5,8-9,11-12,14-15,20H,6-7,10,13H2,1-2H3,(H,24,25,27)/t20-/m1/s1. The van der Waals surface area contributed by atoms with E-state index < -0.39 is 16.1 Å². The van der Waals surface area contributed by atoms with E-state index in [1.54, 1.807) is 56.7 Å². The molecule has 8 nitrogen and oxygen atoms in total. The Morgan fingerprint density at radius 2 is 1.91 bits per heavy atom. The topological polar surface area (TPSA) is 97.8 Å². The van der Waals surface area contributed by atoms with Crippen molar-refractivity contribution in [3.05, 3.63) is 53.9 Å². The second-order valence-electron chi connectivity index (χ2n) is 7.53. The van der Waals surface area contributed by atoms with Crippen LogP contribution in [-0.4, -0.2) is 50.4 Å². The molecule has 1 aliphatic heterocycles. The van der Waals surface area contributed by atoms with Crippen LogP contribution < -0.4 is 14.8 Å². The average Bonchev–Trinajstić information content (AvgIpc) is 3.32. The van der Waals surface area contributed by atoms with E-state index in [0.717, 1.165) is 12.0 Å². The molecular weight excluding hydrogens is 462 g/mol. The molecule has 33 heavy (non-hydrogen) atoms. The fourth-order valence-electron chi connectivity index (χ4n) is 3.84. The quantitative estimate of drug-likeness (QED) is 0.541. The van der Waals surface area contributed by atoms with Gasteiger partial charge in [-0.3, -0.25) is 4.79 Å². The number of rotatable bonds is 7. The Bertz CT molecular complexity index is 1230. The number of amides is 1. The van der Waals surface area contributed by atoms with Crippen LogP contribution in [0.3, 0.4) is 0 Å². The maximum atomic E-state index is 13.2. The Labute approximate surface area is 197 Å². The molecule has 2 aromatic carbocycles. The molecule has 10 heteroatoms. The lowest BCUT2D eigenvalue weighted by atomic mass is 10.0. The molecule has 1 amide bonds. The third-order valence-electron chi connectivity index (χ3n) is 5.52. The minimum atomic E-state index is -3.78. The van der Waals surface area contributed by atoms with E-state index in [0.29, 0.717) is 41.7 Å². The number of carbonyl (C=O) groups is 1. The highest BCUT2D eigenvalue weighted by Crippen LogP contribution is 2.35. The first kappa shape index (κ1) is 23.2. The van der Waals surface area contributed by atoms with Crippen LogP contribution in [0.4, 0.5) is 5.13 Å². The average molecular weight is 488 g/mol. The molecule has 1 N–H and O–H groups in total. The number of carbonyl (C=O) groups excluding carboxylic acids is 1. The predicted octanol–water partition coefficient (Wildman–Crippen LogP) is 4.01. The van der Waals surface area contributed by atoms with Gasteiger partial charge in [0.25, 0.3) is 0 Å². The summed E-state index contributed by atoms with van der Waals surface area (Å²) >= 11 is 1.27. The third-order valence-corrected chi connectivity index (χ3v) is 8.20.